The van der Waals surface area contributed by atoms with E-state index >= 15 is 0 Å². The van der Waals surface area contributed by atoms with Gasteiger partial charge in [-0.25, -0.2) is 0 Å². The van der Waals surface area contributed by atoms with Crippen molar-refractivity contribution in [2.75, 3.05) is 0 Å². The van der Waals surface area contributed by atoms with E-state index in [1.54, 1.807) is 24.4 Å². The first-order valence-corrected chi connectivity index (χ1v) is 6.44. The molecule has 0 saturated heterocycles. The summed E-state index contributed by atoms with van der Waals surface area (Å²) in [5.41, 5.74) is 1.47. The van der Waals surface area contributed by atoms with Crippen molar-refractivity contribution in [1.82, 2.24) is 10.3 Å². The summed E-state index contributed by atoms with van der Waals surface area (Å²) in [6.45, 7) is 1.95. The Balaban J connectivity index is 2.11. The number of nitrogens with one attached hydrogen (secondary N) is 1. The molecule has 1 atom stereocenters. The third-order valence-electron chi connectivity index (χ3n) is 2.62. The van der Waals surface area contributed by atoms with Crippen LogP contribution in [-0.2, 0) is 0 Å². The van der Waals surface area contributed by atoms with E-state index in [2.05, 4.69) is 26.2 Å². The van der Waals surface area contributed by atoms with Crippen LogP contribution in [0.1, 0.15) is 29.0 Å². The van der Waals surface area contributed by atoms with Crippen LogP contribution in [0.2, 0.25) is 0 Å². The van der Waals surface area contributed by atoms with Gasteiger partial charge in [0.25, 0.3) is 5.91 Å². The predicted octanol–water partition coefficient (Wildman–Crippen LogP) is 3.34. The molecule has 0 unspecified atom stereocenters. The maximum atomic E-state index is 12.0. The first-order valence-electron chi connectivity index (χ1n) is 5.65. The summed E-state index contributed by atoms with van der Waals surface area (Å²) in [7, 11) is 0. The highest BCUT2D eigenvalue weighted by atomic mass is 79.9. The molecular weight excluding hydrogens is 292 g/mol. The SMILES string of the molecule is C[C@@H](NC(=O)c1ccccn1)c1ccccc1Br. The molecule has 0 radical (unpaired) electrons. The van der Waals surface area contributed by atoms with Gasteiger partial charge in [-0.1, -0.05) is 40.2 Å². The topological polar surface area (TPSA) is 42.0 Å². The summed E-state index contributed by atoms with van der Waals surface area (Å²) < 4.78 is 0.985. The zero-order valence-corrected chi connectivity index (χ0v) is 11.5. The van der Waals surface area contributed by atoms with E-state index in [1.807, 2.05) is 31.2 Å². The van der Waals surface area contributed by atoms with Crippen LogP contribution < -0.4 is 5.32 Å². The quantitative estimate of drug-likeness (QED) is 0.945. The Hall–Kier alpha value is -1.68. The van der Waals surface area contributed by atoms with Gasteiger partial charge in [0, 0.05) is 10.7 Å². The molecule has 2 rings (SSSR count). The van der Waals surface area contributed by atoms with Gasteiger partial charge in [0.1, 0.15) is 5.69 Å². The van der Waals surface area contributed by atoms with E-state index in [4.69, 9.17) is 0 Å². The Morgan fingerprint density at radius 3 is 2.61 bits per heavy atom. The number of benzene rings is 1. The molecule has 18 heavy (non-hydrogen) atoms. The molecule has 0 aliphatic rings. The second kappa shape index (κ2) is 5.78. The third-order valence-corrected chi connectivity index (χ3v) is 3.34. The molecule has 1 aromatic carbocycles. The molecule has 0 aliphatic carbocycles. The fourth-order valence-corrected chi connectivity index (χ4v) is 2.30. The van der Waals surface area contributed by atoms with Crippen molar-refractivity contribution in [2.24, 2.45) is 0 Å². The monoisotopic (exact) mass is 304 g/mol. The number of nitrogens with zero attached hydrogens (tertiary/aromatic N) is 1. The van der Waals surface area contributed by atoms with Crippen LogP contribution in [0.3, 0.4) is 0 Å². The summed E-state index contributed by atoms with van der Waals surface area (Å²) in [4.78, 5) is 16.0. The van der Waals surface area contributed by atoms with E-state index in [-0.39, 0.29) is 11.9 Å². The number of rotatable bonds is 3. The molecular formula is C14H13BrN2O. The molecule has 1 aromatic heterocycles. The Kier molecular flexibility index (Phi) is 4.10. The van der Waals surface area contributed by atoms with Crippen molar-refractivity contribution in [1.29, 1.82) is 0 Å². The second-order valence-corrected chi connectivity index (χ2v) is 4.79. The van der Waals surface area contributed by atoms with Crippen LogP contribution in [-0.4, -0.2) is 10.9 Å². The van der Waals surface area contributed by atoms with Crippen molar-refractivity contribution in [3.8, 4) is 0 Å². The molecule has 0 aliphatic heterocycles. The predicted molar refractivity (Wildman–Crippen MR) is 74.3 cm³/mol. The minimum atomic E-state index is -0.168. The molecule has 0 saturated carbocycles. The number of amides is 1. The van der Waals surface area contributed by atoms with Crippen molar-refractivity contribution in [3.05, 3.63) is 64.4 Å². The van der Waals surface area contributed by atoms with Gasteiger partial charge in [-0.2, -0.15) is 0 Å². The zero-order valence-electron chi connectivity index (χ0n) is 9.93. The van der Waals surface area contributed by atoms with Crippen LogP contribution in [0.25, 0.3) is 0 Å². The van der Waals surface area contributed by atoms with Crippen molar-refractivity contribution >= 4 is 21.8 Å². The van der Waals surface area contributed by atoms with Crippen LogP contribution in [0.4, 0.5) is 0 Å². The highest BCUT2D eigenvalue weighted by molar-refractivity contribution is 9.10. The smallest absolute Gasteiger partial charge is 0.270 e. The lowest BCUT2D eigenvalue weighted by molar-refractivity contribution is 0.0935. The lowest BCUT2D eigenvalue weighted by Crippen LogP contribution is -2.27. The summed E-state index contributed by atoms with van der Waals surface area (Å²) >= 11 is 3.48. The maximum Gasteiger partial charge on any atom is 0.270 e. The Morgan fingerprint density at radius 1 is 1.22 bits per heavy atom. The lowest BCUT2D eigenvalue weighted by atomic mass is 10.1. The highest BCUT2D eigenvalue weighted by Crippen LogP contribution is 2.22. The average molecular weight is 305 g/mol. The first-order chi connectivity index (χ1) is 8.68. The molecule has 0 spiro atoms. The Labute approximate surface area is 114 Å². The molecule has 0 fully saturated rings. The standard InChI is InChI=1S/C14H13BrN2O/c1-10(11-6-2-3-7-12(11)15)17-14(18)13-8-4-5-9-16-13/h2-10H,1H3,(H,17,18)/t10-/m1/s1. The maximum absolute atomic E-state index is 12.0. The van der Waals surface area contributed by atoms with E-state index in [0.717, 1.165) is 10.0 Å². The molecule has 4 heteroatoms. The largest absolute Gasteiger partial charge is 0.344 e. The second-order valence-electron chi connectivity index (χ2n) is 3.93. The molecule has 1 heterocycles. The number of carbonyl (C=O) groups excluding carboxylic acids is 1. The zero-order chi connectivity index (χ0) is 13.0. The van der Waals surface area contributed by atoms with Crippen LogP contribution in [0.5, 0.6) is 0 Å². The summed E-state index contributed by atoms with van der Waals surface area (Å²) in [6.07, 6.45) is 1.61. The minimum absolute atomic E-state index is 0.0740. The summed E-state index contributed by atoms with van der Waals surface area (Å²) in [6, 6.07) is 13.0. The molecule has 92 valence electrons. The molecule has 2 aromatic rings. The summed E-state index contributed by atoms with van der Waals surface area (Å²) in [5, 5.41) is 2.92. The van der Waals surface area contributed by atoms with Gasteiger partial charge < -0.3 is 5.32 Å². The normalized spacial score (nSPS) is 11.9. The van der Waals surface area contributed by atoms with E-state index in [0.29, 0.717) is 5.69 Å². The van der Waals surface area contributed by atoms with Crippen LogP contribution in [0.15, 0.2) is 53.1 Å². The van der Waals surface area contributed by atoms with Crippen molar-refractivity contribution < 1.29 is 4.79 Å². The number of pyridine rings is 1. The fraction of sp³-hybridized carbons (Fsp3) is 0.143. The van der Waals surface area contributed by atoms with Crippen molar-refractivity contribution in [3.63, 3.8) is 0 Å². The Morgan fingerprint density at radius 2 is 1.94 bits per heavy atom. The average Bonchev–Trinajstić information content (AvgIpc) is 2.40. The van der Waals surface area contributed by atoms with E-state index in [1.165, 1.54) is 0 Å². The molecule has 3 nitrogen and oxygen atoms in total. The third kappa shape index (κ3) is 2.96. The van der Waals surface area contributed by atoms with Crippen molar-refractivity contribution in [2.45, 2.75) is 13.0 Å². The van der Waals surface area contributed by atoms with E-state index < -0.39 is 0 Å². The first kappa shape index (κ1) is 12.8. The van der Waals surface area contributed by atoms with Gasteiger partial charge in [0.05, 0.1) is 6.04 Å². The number of aromatic nitrogens is 1. The molecule has 0 bridgehead atoms. The van der Waals surface area contributed by atoms with Gasteiger partial charge >= 0.3 is 0 Å². The number of halogens is 1. The highest BCUT2D eigenvalue weighted by Gasteiger charge is 2.13. The van der Waals surface area contributed by atoms with Crippen LogP contribution in [0, 0.1) is 0 Å². The number of carbonyl (C=O) groups is 1. The van der Waals surface area contributed by atoms with Gasteiger partial charge in [-0.05, 0) is 30.7 Å². The van der Waals surface area contributed by atoms with Gasteiger partial charge in [-0.15, -0.1) is 0 Å². The number of hydrogen-bond acceptors (Lipinski definition) is 2. The Bertz CT molecular complexity index is 543. The molecule has 1 amide bonds. The van der Waals surface area contributed by atoms with Gasteiger partial charge in [0.15, 0.2) is 0 Å². The molecule has 1 N–H and O–H groups in total. The lowest BCUT2D eigenvalue weighted by Gasteiger charge is -2.15. The van der Waals surface area contributed by atoms with E-state index in [9.17, 15) is 4.79 Å². The fourth-order valence-electron chi connectivity index (χ4n) is 1.67. The summed E-state index contributed by atoms with van der Waals surface area (Å²) in [5.74, 6) is -0.168. The van der Waals surface area contributed by atoms with Gasteiger partial charge in [-0.3, -0.25) is 9.78 Å². The minimum Gasteiger partial charge on any atom is -0.344 e. The van der Waals surface area contributed by atoms with Crippen LogP contribution >= 0.6 is 15.9 Å². The number of hydrogen-bond donors (Lipinski definition) is 1. The van der Waals surface area contributed by atoms with Gasteiger partial charge in [0.2, 0.25) is 0 Å².